The van der Waals surface area contributed by atoms with Gasteiger partial charge in [-0.3, -0.25) is 5.32 Å². The van der Waals surface area contributed by atoms with Gasteiger partial charge in [0.15, 0.2) is 0 Å². The number of piperazine rings is 1. The smallest absolute Gasteiger partial charge is 0.324 e. The molecule has 0 spiro atoms. The van der Waals surface area contributed by atoms with Crippen LogP contribution in [0.25, 0.3) is 0 Å². The minimum Gasteiger partial charge on any atom is -0.368 e. The van der Waals surface area contributed by atoms with Crippen molar-refractivity contribution in [2.45, 2.75) is 6.92 Å². The van der Waals surface area contributed by atoms with E-state index >= 15 is 0 Å². The molecule has 154 valence electrons. The van der Waals surface area contributed by atoms with E-state index in [1.54, 1.807) is 25.1 Å². The maximum atomic E-state index is 13.6. The largest absolute Gasteiger partial charge is 0.368 e. The molecule has 2 aromatic carbocycles. The molecule has 0 radical (unpaired) electrons. The van der Waals surface area contributed by atoms with E-state index in [0.29, 0.717) is 17.1 Å². The average Bonchev–Trinajstić information content (AvgIpc) is 2.77. The number of rotatable bonds is 4. The Labute approximate surface area is 174 Å². The number of halogens is 1. The van der Waals surface area contributed by atoms with Crippen LogP contribution in [0.2, 0.25) is 0 Å². The standard InChI is InChI=1S/C22H23FN6O/c1-16-7-8-17(13-19(16)23)26-22(30)27-20-14-21(25-15-24-20)29-11-9-28(10-12-29)18-5-3-2-4-6-18/h2-8,13-15H,9-12H2,1H3,(H2,24,25,26,27,30). The maximum Gasteiger partial charge on any atom is 0.324 e. The fraction of sp³-hybridized carbons (Fsp3) is 0.227. The van der Waals surface area contributed by atoms with Crippen molar-refractivity contribution >= 4 is 29.0 Å². The molecule has 2 heterocycles. The van der Waals surface area contributed by atoms with E-state index in [1.807, 2.05) is 18.2 Å². The van der Waals surface area contributed by atoms with Crippen LogP contribution in [0.15, 0.2) is 60.9 Å². The summed E-state index contributed by atoms with van der Waals surface area (Å²) in [6.07, 6.45) is 1.43. The number of anilines is 4. The van der Waals surface area contributed by atoms with E-state index in [9.17, 15) is 9.18 Å². The number of carbonyl (C=O) groups is 1. The quantitative estimate of drug-likeness (QED) is 0.688. The lowest BCUT2D eigenvalue weighted by atomic mass is 10.2. The first kappa shape index (κ1) is 19.6. The van der Waals surface area contributed by atoms with Crippen LogP contribution in [0.4, 0.5) is 32.2 Å². The zero-order valence-electron chi connectivity index (χ0n) is 16.7. The number of amides is 2. The monoisotopic (exact) mass is 406 g/mol. The lowest BCUT2D eigenvalue weighted by Gasteiger charge is -2.36. The molecule has 8 heteroatoms. The van der Waals surface area contributed by atoms with Crippen molar-refractivity contribution in [1.82, 2.24) is 9.97 Å². The van der Waals surface area contributed by atoms with Crippen molar-refractivity contribution in [1.29, 1.82) is 0 Å². The summed E-state index contributed by atoms with van der Waals surface area (Å²) in [5, 5.41) is 5.29. The summed E-state index contributed by atoms with van der Waals surface area (Å²) in [5.41, 5.74) is 2.11. The zero-order chi connectivity index (χ0) is 20.9. The highest BCUT2D eigenvalue weighted by molar-refractivity contribution is 5.99. The van der Waals surface area contributed by atoms with Gasteiger partial charge in [-0.15, -0.1) is 0 Å². The molecule has 3 aromatic rings. The minimum atomic E-state index is -0.489. The lowest BCUT2D eigenvalue weighted by molar-refractivity contribution is 0.262. The lowest BCUT2D eigenvalue weighted by Crippen LogP contribution is -2.46. The summed E-state index contributed by atoms with van der Waals surface area (Å²) in [5.74, 6) is 0.775. The van der Waals surface area contributed by atoms with Crippen molar-refractivity contribution in [3.8, 4) is 0 Å². The molecule has 2 N–H and O–H groups in total. The second kappa shape index (κ2) is 8.77. The predicted octanol–water partition coefficient (Wildman–Crippen LogP) is 3.89. The van der Waals surface area contributed by atoms with Crippen molar-refractivity contribution in [3.05, 3.63) is 72.3 Å². The number of aryl methyl sites for hydroxylation is 1. The van der Waals surface area contributed by atoms with Crippen LogP contribution in [0.1, 0.15) is 5.56 Å². The van der Waals surface area contributed by atoms with Gasteiger partial charge < -0.3 is 15.1 Å². The number of para-hydroxylation sites is 1. The number of carbonyl (C=O) groups excluding carboxylic acids is 1. The Bertz CT molecular complexity index is 1020. The third-order valence-electron chi connectivity index (χ3n) is 5.05. The van der Waals surface area contributed by atoms with Crippen LogP contribution in [0.5, 0.6) is 0 Å². The van der Waals surface area contributed by atoms with Crippen LogP contribution >= 0.6 is 0 Å². The molecular formula is C22H23FN6O. The fourth-order valence-electron chi connectivity index (χ4n) is 3.37. The van der Waals surface area contributed by atoms with Gasteiger partial charge in [0.2, 0.25) is 0 Å². The highest BCUT2D eigenvalue weighted by Gasteiger charge is 2.19. The molecule has 0 atom stereocenters. The first-order chi connectivity index (χ1) is 14.6. The first-order valence-corrected chi connectivity index (χ1v) is 9.79. The van der Waals surface area contributed by atoms with E-state index in [4.69, 9.17) is 0 Å². The SMILES string of the molecule is Cc1ccc(NC(=O)Nc2cc(N3CCN(c4ccccc4)CC3)ncn2)cc1F. The number of urea groups is 1. The molecule has 1 aliphatic heterocycles. The van der Waals surface area contributed by atoms with Crippen LogP contribution in [0.3, 0.4) is 0 Å². The summed E-state index contributed by atoms with van der Waals surface area (Å²) in [7, 11) is 0. The summed E-state index contributed by atoms with van der Waals surface area (Å²) >= 11 is 0. The molecule has 0 aliphatic carbocycles. The maximum absolute atomic E-state index is 13.6. The molecule has 2 amide bonds. The number of nitrogens with zero attached hydrogens (tertiary/aromatic N) is 4. The van der Waals surface area contributed by atoms with E-state index in [1.165, 1.54) is 18.1 Å². The second-order valence-corrected chi connectivity index (χ2v) is 7.11. The Kier molecular flexibility index (Phi) is 5.74. The fourth-order valence-corrected chi connectivity index (χ4v) is 3.37. The first-order valence-electron chi connectivity index (χ1n) is 9.79. The Balaban J connectivity index is 1.36. The van der Waals surface area contributed by atoms with Gasteiger partial charge >= 0.3 is 6.03 Å². The van der Waals surface area contributed by atoms with Crippen LogP contribution in [0, 0.1) is 12.7 Å². The Morgan fingerprint density at radius 2 is 1.67 bits per heavy atom. The van der Waals surface area contributed by atoms with Crippen molar-refractivity contribution in [2.24, 2.45) is 0 Å². The number of aromatic nitrogens is 2. The highest BCUT2D eigenvalue weighted by atomic mass is 19.1. The van der Waals surface area contributed by atoms with Gasteiger partial charge in [0.05, 0.1) is 0 Å². The van der Waals surface area contributed by atoms with E-state index < -0.39 is 6.03 Å². The Morgan fingerprint density at radius 1 is 0.933 bits per heavy atom. The van der Waals surface area contributed by atoms with E-state index in [-0.39, 0.29) is 5.82 Å². The van der Waals surface area contributed by atoms with Crippen molar-refractivity contribution < 1.29 is 9.18 Å². The molecule has 4 rings (SSSR count). The second-order valence-electron chi connectivity index (χ2n) is 7.11. The average molecular weight is 406 g/mol. The van der Waals surface area contributed by atoms with E-state index in [0.717, 1.165) is 32.0 Å². The molecule has 30 heavy (non-hydrogen) atoms. The van der Waals surface area contributed by atoms with Crippen molar-refractivity contribution in [2.75, 3.05) is 46.6 Å². The van der Waals surface area contributed by atoms with Crippen molar-refractivity contribution in [3.63, 3.8) is 0 Å². The Morgan fingerprint density at radius 3 is 2.40 bits per heavy atom. The third-order valence-corrected chi connectivity index (χ3v) is 5.05. The molecular weight excluding hydrogens is 383 g/mol. The Hall–Kier alpha value is -3.68. The summed E-state index contributed by atoms with van der Waals surface area (Å²) in [6, 6.07) is 16.1. The number of nitrogens with one attached hydrogen (secondary N) is 2. The summed E-state index contributed by atoms with van der Waals surface area (Å²) in [6.45, 7) is 5.08. The van der Waals surface area contributed by atoms with Gasteiger partial charge in [-0.25, -0.2) is 19.2 Å². The number of hydrogen-bond acceptors (Lipinski definition) is 5. The van der Waals surface area contributed by atoms with E-state index in [2.05, 4.69) is 42.5 Å². The predicted molar refractivity (Wildman–Crippen MR) is 117 cm³/mol. The van der Waals surface area contributed by atoms with Crippen LogP contribution in [-0.4, -0.2) is 42.2 Å². The highest BCUT2D eigenvalue weighted by Crippen LogP contribution is 2.20. The number of benzene rings is 2. The topological polar surface area (TPSA) is 73.4 Å². The summed E-state index contributed by atoms with van der Waals surface area (Å²) in [4.78, 5) is 25.2. The molecule has 1 aliphatic rings. The van der Waals surface area contributed by atoms with Gasteiger partial charge in [0.25, 0.3) is 0 Å². The normalized spacial score (nSPS) is 13.8. The van der Waals surface area contributed by atoms with Gasteiger partial charge in [-0.1, -0.05) is 24.3 Å². The van der Waals surface area contributed by atoms with Gasteiger partial charge in [0, 0.05) is 43.6 Å². The molecule has 1 fully saturated rings. The summed E-state index contributed by atoms with van der Waals surface area (Å²) < 4.78 is 13.6. The number of hydrogen-bond donors (Lipinski definition) is 2. The van der Waals surface area contributed by atoms with Gasteiger partial charge in [-0.05, 0) is 36.8 Å². The molecule has 1 aromatic heterocycles. The molecule has 0 unspecified atom stereocenters. The minimum absolute atomic E-state index is 0.369. The molecule has 1 saturated heterocycles. The third kappa shape index (κ3) is 4.65. The molecule has 7 nitrogen and oxygen atoms in total. The molecule has 0 bridgehead atoms. The van der Waals surface area contributed by atoms with Gasteiger partial charge in [0.1, 0.15) is 23.8 Å². The molecule has 0 saturated carbocycles. The van der Waals surface area contributed by atoms with Crippen LogP contribution in [-0.2, 0) is 0 Å². The van der Waals surface area contributed by atoms with Crippen LogP contribution < -0.4 is 20.4 Å². The van der Waals surface area contributed by atoms with Gasteiger partial charge in [-0.2, -0.15) is 0 Å². The zero-order valence-corrected chi connectivity index (χ0v) is 16.7.